The number of aromatic amines is 1. The number of H-pyrrole nitrogens is 1. The van der Waals surface area contributed by atoms with Gasteiger partial charge in [0.1, 0.15) is 4.90 Å². The Kier molecular flexibility index (Phi) is 5.40. The number of hydrogen-bond donors (Lipinski definition) is 3. The summed E-state index contributed by atoms with van der Waals surface area (Å²) in [5.74, 6) is 0. The van der Waals surface area contributed by atoms with Gasteiger partial charge >= 0.3 is 11.9 Å². The molecule has 0 bridgehead atoms. The lowest BCUT2D eigenvalue weighted by atomic mass is 9.88. The van der Waals surface area contributed by atoms with Gasteiger partial charge in [-0.2, -0.15) is 18.3 Å². The van der Waals surface area contributed by atoms with Crippen LogP contribution in [0.4, 0.5) is 18.9 Å². The molecule has 1 aliphatic carbocycles. The van der Waals surface area contributed by atoms with Crippen LogP contribution < -0.4 is 21.3 Å². The fourth-order valence-electron chi connectivity index (χ4n) is 3.93. The summed E-state index contributed by atoms with van der Waals surface area (Å²) in [5.41, 5.74) is -1.87. The Morgan fingerprint density at radius 3 is 2.45 bits per heavy atom. The highest BCUT2D eigenvalue weighted by molar-refractivity contribution is 7.89. The SMILES string of the molecule is CNc1cc2c(cc1S(=O)(=O)NC1CC(n3cc(C(F)(F)F)c(C)n3)C1)c(=O)[nH]c(=O)n2C. The maximum Gasteiger partial charge on any atom is 0.419 e. The van der Waals surface area contributed by atoms with Crippen LogP contribution in [0.3, 0.4) is 0 Å². The van der Waals surface area contributed by atoms with Crippen LogP contribution in [0.5, 0.6) is 0 Å². The molecular formula is C19H21F3N6O4S. The van der Waals surface area contributed by atoms with E-state index < -0.39 is 39.1 Å². The molecule has 0 spiro atoms. The first-order chi connectivity index (χ1) is 15.3. The van der Waals surface area contributed by atoms with Crippen LogP contribution in [0.2, 0.25) is 0 Å². The van der Waals surface area contributed by atoms with Crippen LogP contribution in [-0.4, -0.2) is 40.8 Å². The maximum atomic E-state index is 13.1. The normalized spacial score (nSPS) is 19.0. The van der Waals surface area contributed by atoms with Gasteiger partial charge in [0.15, 0.2) is 0 Å². The van der Waals surface area contributed by atoms with Crippen molar-refractivity contribution < 1.29 is 21.6 Å². The molecule has 2 aromatic heterocycles. The number of alkyl halides is 3. The van der Waals surface area contributed by atoms with Crippen molar-refractivity contribution in [2.45, 2.75) is 42.9 Å². The van der Waals surface area contributed by atoms with E-state index in [9.17, 15) is 31.2 Å². The summed E-state index contributed by atoms with van der Waals surface area (Å²) in [6.07, 6.45) is -3.05. The highest BCUT2D eigenvalue weighted by Gasteiger charge is 2.39. The van der Waals surface area contributed by atoms with E-state index in [-0.39, 0.29) is 46.1 Å². The third-order valence-electron chi connectivity index (χ3n) is 5.82. The summed E-state index contributed by atoms with van der Waals surface area (Å²) in [6.45, 7) is 1.27. The number of halogens is 3. The van der Waals surface area contributed by atoms with Gasteiger partial charge in [-0.25, -0.2) is 17.9 Å². The average Bonchev–Trinajstić information content (AvgIpc) is 3.09. The quantitative estimate of drug-likeness (QED) is 0.501. The second-order valence-corrected chi connectivity index (χ2v) is 9.67. The first kappa shape index (κ1) is 23.0. The highest BCUT2D eigenvalue weighted by atomic mass is 32.2. The summed E-state index contributed by atoms with van der Waals surface area (Å²) in [7, 11) is -1.14. The molecular weight excluding hydrogens is 465 g/mol. The van der Waals surface area contributed by atoms with Gasteiger partial charge in [-0.05, 0) is 31.9 Å². The molecule has 0 amide bonds. The van der Waals surface area contributed by atoms with E-state index in [1.54, 1.807) is 0 Å². The molecule has 0 atom stereocenters. The van der Waals surface area contributed by atoms with Crippen molar-refractivity contribution in [2.75, 3.05) is 12.4 Å². The van der Waals surface area contributed by atoms with E-state index in [4.69, 9.17) is 0 Å². The van der Waals surface area contributed by atoms with E-state index in [1.165, 1.54) is 42.4 Å². The minimum absolute atomic E-state index is 0.0228. The zero-order chi connectivity index (χ0) is 24.3. The number of rotatable bonds is 5. The summed E-state index contributed by atoms with van der Waals surface area (Å²) in [5, 5.41) is 6.70. The van der Waals surface area contributed by atoms with Gasteiger partial charge in [0.2, 0.25) is 10.0 Å². The molecule has 0 unspecified atom stereocenters. The average molecular weight is 486 g/mol. The van der Waals surface area contributed by atoms with Crippen molar-refractivity contribution in [3.05, 3.63) is 50.4 Å². The van der Waals surface area contributed by atoms with Gasteiger partial charge in [-0.3, -0.25) is 19.0 Å². The smallest absolute Gasteiger partial charge is 0.387 e. The number of nitrogens with zero attached hydrogens (tertiary/aromatic N) is 3. The number of sulfonamides is 1. The van der Waals surface area contributed by atoms with Crippen molar-refractivity contribution in [2.24, 2.45) is 7.05 Å². The number of anilines is 1. The summed E-state index contributed by atoms with van der Waals surface area (Å²) >= 11 is 0. The number of benzene rings is 1. The van der Waals surface area contributed by atoms with Crippen molar-refractivity contribution in [1.82, 2.24) is 24.1 Å². The Labute approximate surface area is 185 Å². The Morgan fingerprint density at radius 2 is 1.88 bits per heavy atom. The van der Waals surface area contributed by atoms with Crippen molar-refractivity contribution in [3.63, 3.8) is 0 Å². The fourth-order valence-corrected chi connectivity index (χ4v) is 5.41. The zero-order valence-corrected chi connectivity index (χ0v) is 18.6. The number of aromatic nitrogens is 4. The van der Waals surface area contributed by atoms with Crippen LogP contribution in [0.15, 0.2) is 32.8 Å². The monoisotopic (exact) mass is 486 g/mol. The van der Waals surface area contributed by atoms with E-state index >= 15 is 0 Å². The van der Waals surface area contributed by atoms with Crippen LogP contribution in [-0.2, 0) is 23.2 Å². The third kappa shape index (κ3) is 4.04. The molecule has 1 aromatic carbocycles. The topological polar surface area (TPSA) is 131 Å². The lowest BCUT2D eigenvalue weighted by molar-refractivity contribution is -0.138. The maximum absolute atomic E-state index is 13.1. The molecule has 1 saturated carbocycles. The number of aryl methyl sites for hydroxylation is 2. The molecule has 0 saturated heterocycles. The van der Waals surface area contributed by atoms with Crippen molar-refractivity contribution >= 4 is 26.6 Å². The molecule has 33 heavy (non-hydrogen) atoms. The van der Waals surface area contributed by atoms with Gasteiger partial charge in [0.05, 0.1) is 33.9 Å². The van der Waals surface area contributed by atoms with Crippen molar-refractivity contribution in [1.29, 1.82) is 0 Å². The van der Waals surface area contributed by atoms with Gasteiger partial charge in [-0.15, -0.1) is 0 Å². The standard InChI is InChI=1S/C19H21F3N6O4S/c1-9-13(19(20,21)22)8-28(25-9)11-4-10(5-11)26-33(31,32)16-6-12-15(7-14(16)23-2)27(3)18(30)24-17(12)29/h6-8,10-11,23,26H,4-5H2,1-3H3,(H,24,29,30). The van der Waals surface area contributed by atoms with E-state index in [0.717, 1.165) is 6.20 Å². The first-order valence-electron chi connectivity index (χ1n) is 9.92. The Bertz CT molecular complexity index is 1470. The second-order valence-electron chi connectivity index (χ2n) is 7.98. The summed E-state index contributed by atoms with van der Waals surface area (Å²) < 4.78 is 70.0. The molecule has 3 N–H and O–H groups in total. The van der Waals surface area contributed by atoms with E-state index in [0.29, 0.717) is 0 Å². The lowest BCUT2D eigenvalue weighted by Gasteiger charge is -2.35. The lowest BCUT2D eigenvalue weighted by Crippen LogP contribution is -2.45. The minimum atomic E-state index is -4.51. The highest BCUT2D eigenvalue weighted by Crippen LogP contribution is 2.37. The van der Waals surface area contributed by atoms with Gasteiger partial charge < -0.3 is 5.32 Å². The predicted octanol–water partition coefficient (Wildman–Crippen LogP) is 1.47. The van der Waals surface area contributed by atoms with Crippen molar-refractivity contribution in [3.8, 4) is 0 Å². The number of hydrogen-bond acceptors (Lipinski definition) is 6. The summed E-state index contributed by atoms with van der Waals surface area (Å²) in [4.78, 5) is 26.0. The predicted molar refractivity (Wildman–Crippen MR) is 114 cm³/mol. The first-order valence-corrected chi connectivity index (χ1v) is 11.4. The van der Waals surface area contributed by atoms with Gasteiger partial charge in [0, 0.05) is 26.3 Å². The molecule has 14 heteroatoms. The van der Waals surface area contributed by atoms with E-state index in [1.807, 2.05) is 0 Å². The van der Waals surface area contributed by atoms with Gasteiger partial charge in [-0.1, -0.05) is 0 Å². The zero-order valence-electron chi connectivity index (χ0n) is 17.8. The Morgan fingerprint density at radius 1 is 1.21 bits per heavy atom. The minimum Gasteiger partial charge on any atom is -0.387 e. The number of fused-ring (bicyclic) bond motifs is 1. The van der Waals surface area contributed by atoms with Crippen LogP contribution in [0.25, 0.3) is 10.9 Å². The Balaban J connectivity index is 1.58. The third-order valence-corrected chi connectivity index (χ3v) is 7.38. The molecule has 2 heterocycles. The molecule has 10 nitrogen and oxygen atoms in total. The van der Waals surface area contributed by atoms with Gasteiger partial charge in [0.25, 0.3) is 5.56 Å². The molecule has 3 aromatic rings. The summed E-state index contributed by atoms with van der Waals surface area (Å²) in [6, 6.07) is 1.70. The molecule has 4 rings (SSSR count). The van der Waals surface area contributed by atoms with Crippen LogP contribution in [0, 0.1) is 6.92 Å². The molecule has 0 aliphatic heterocycles. The van der Waals surface area contributed by atoms with Crippen LogP contribution >= 0.6 is 0 Å². The number of nitrogens with one attached hydrogen (secondary N) is 3. The van der Waals surface area contributed by atoms with E-state index in [2.05, 4.69) is 20.1 Å². The fraction of sp³-hybridized carbons (Fsp3) is 0.421. The molecule has 1 fully saturated rings. The Hall–Kier alpha value is -3.13. The molecule has 1 aliphatic rings. The largest absolute Gasteiger partial charge is 0.419 e. The second kappa shape index (κ2) is 7.73. The molecule has 178 valence electrons. The molecule has 0 radical (unpaired) electrons. The van der Waals surface area contributed by atoms with Crippen LogP contribution in [0.1, 0.15) is 30.1 Å².